The summed E-state index contributed by atoms with van der Waals surface area (Å²) in [6.45, 7) is 18.1. The third-order valence-corrected chi connectivity index (χ3v) is 4.68. The molecule has 0 heteroatoms. The molecule has 2 rings (SSSR count). The molecule has 0 saturated carbocycles. The largest absolute Gasteiger partial charge is 0.0587 e. The molecule has 0 aliphatic heterocycles. The van der Waals surface area contributed by atoms with Gasteiger partial charge in [-0.2, -0.15) is 0 Å². The maximum absolute atomic E-state index is 2.35. The molecule has 0 radical (unpaired) electrons. The van der Waals surface area contributed by atoms with Gasteiger partial charge in [0.2, 0.25) is 0 Å². The lowest BCUT2D eigenvalue weighted by atomic mass is 9.86. The first-order chi connectivity index (χ1) is 10.2. The third kappa shape index (κ3) is 3.11. The molecule has 0 aliphatic rings. The standard InChI is InChI=1S/C22H30/c1-13(2)21-15(5)9-19(10-16(21)6)20-11-17(7)22(14(3)4)18(8)12-20/h9-14H,1-8H3. The van der Waals surface area contributed by atoms with Crippen LogP contribution in [0, 0.1) is 27.7 Å². The summed E-state index contributed by atoms with van der Waals surface area (Å²) in [4.78, 5) is 0. The first-order valence-corrected chi connectivity index (χ1v) is 8.45. The fourth-order valence-corrected chi connectivity index (χ4v) is 4.10. The lowest BCUT2D eigenvalue weighted by molar-refractivity contribution is 0.845. The average Bonchev–Trinajstić information content (AvgIpc) is 2.35. The van der Waals surface area contributed by atoms with E-state index in [9.17, 15) is 0 Å². The molecule has 0 aliphatic carbocycles. The Morgan fingerprint density at radius 2 is 0.727 bits per heavy atom. The molecule has 0 saturated heterocycles. The zero-order chi connectivity index (χ0) is 16.6. The number of hydrogen-bond donors (Lipinski definition) is 0. The molecule has 0 fully saturated rings. The highest BCUT2D eigenvalue weighted by atomic mass is 14.2. The van der Waals surface area contributed by atoms with Crippen LogP contribution in [0.3, 0.4) is 0 Å². The minimum absolute atomic E-state index is 0.584. The molecule has 22 heavy (non-hydrogen) atoms. The second kappa shape index (κ2) is 6.28. The maximum atomic E-state index is 2.35. The summed E-state index contributed by atoms with van der Waals surface area (Å²) < 4.78 is 0. The van der Waals surface area contributed by atoms with Gasteiger partial charge in [-0.25, -0.2) is 0 Å². The van der Waals surface area contributed by atoms with Gasteiger partial charge in [-0.15, -0.1) is 0 Å². The summed E-state index contributed by atoms with van der Waals surface area (Å²) >= 11 is 0. The van der Waals surface area contributed by atoms with Gasteiger partial charge in [0.15, 0.2) is 0 Å². The van der Waals surface area contributed by atoms with Crippen LogP contribution < -0.4 is 0 Å². The fourth-order valence-electron chi connectivity index (χ4n) is 4.10. The highest BCUT2D eigenvalue weighted by Crippen LogP contribution is 2.33. The molecular formula is C22H30. The van der Waals surface area contributed by atoms with Crippen LogP contribution in [0.25, 0.3) is 11.1 Å². The Hall–Kier alpha value is -1.56. The van der Waals surface area contributed by atoms with Gasteiger partial charge in [-0.1, -0.05) is 52.0 Å². The maximum Gasteiger partial charge on any atom is -0.0178 e. The molecule has 0 aromatic heterocycles. The predicted molar refractivity (Wildman–Crippen MR) is 99.0 cm³/mol. The summed E-state index contributed by atoms with van der Waals surface area (Å²) in [5, 5.41) is 0. The summed E-state index contributed by atoms with van der Waals surface area (Å²) in [6, 6.07) is 9.41. The van der Waals surface area contributed by atoms with E-state index in [1.165, 1.54) is 44.5 Å². The fraction of sp³-hybridized carbons (Fsp3) is 0.455. The summed E-state index contributed by atoms with van der Waals surface area (Å²) in [5.74, 6) is 1.17. The second-order valence-electron chi connectivity index (χ2n) is 7.36. The Morgan fingerprint density at radius 3 is 0.909 bits per heavy atom. The zero-order valence-electron chi connectivity index (χ0n) is 15.5. The Bertz CT molecular complexity index is 580. The summed E-state index contributed by atoms with van der Waals surface area (Å²) in [6.07, 6.45) is 0. The Morgan fingerprint density at radius 1 is 0.500 bits per heavy atom. The van der Waals surface area contributed by atoms with E-state index in [1.807, 2.05) is 0 Å². The minimum atomic E-state index is 0.584. The predicted octanol–water partition coefficient (Wildman–Crippen LogP) is 6.83. The van der Waals surface area contributed by atoms with E-state index in [4.69, 9.17) is 0 Å². The quantitative estimate of drug-likeness (QED) is 0.581. The number of benzene rings is 2. The van der Waals surface area contributed by atoms with E-state index in [0.29, 0.717) is 11.8 Å². The minimum Gasteiger partial charge on any atom is -0.0587 e. The van der Waals surface area contributed by atoms with Crippen molar-refractivity contribution >= 4 is 0 Å². The SMILES string of the molecule is Cc1cc(-c2cc(C)c(C(C)C)c(C)c2)cc(C)c1C(C)C. The molecule has 0 nitrogen and oxygen atoms in total. The van der Waals surface area contributed by atoms with Crippen LogP contribution in [0.5, 0.6) is 0 Å². The average molecular weight is 294 g/mol. The van der Waals surface area contributed by atoms with E-state index in [2.05, 4.69) is 79.7 Å². The van der Waals surface area contributed by atoms with Crippen molar-refractivity contribution in [2.45, 2.75) is 67.2 Å². The molecule has 0 heterocycles. The monoisotopic (exact) mass is 294 g/mol. The van der Waals surface area contributed by atoms with Gasteiger partial charge in [0.25, 0.3) is 0 Å². The summed E-state index contributed by atoms with van der Waals surface area (Å²) in [5.41, 5.74) is 11.3. The van der Waals surface area contributed by atoms with Crippen molar-refractivity contribution in [1.82, 2.24) is 0 Å². The zero-order valence-corrected chi connectivity index (χ0v) is 15.5. The lowest BCUT2D eigenvalue weighted by Crippen LogP contribution is -1.99. The van der Waals surface area contributed by atoms with Crippen LogP contribution >= 0.6 is 0 Å². The van der Waals surface area contributed by atoms with Gasteiger partial charge in [-0.3, -0.25) is 0 Å². The van der Waals surface area contributed by atoms with Gasteiger partial charge < -0.3 is 0 Å². The van der Waals surface area contributed by atoms with E-state index in [-0.39, 0.29) is 0 Å². The van der Waals surface area contributed by atoms with Gasteiger partial charge in [-0.05, 0) is 84.0 Å². The van der Waals surface area contributed by atoms with E-state index in [0.717, 1.165) is 0 Å². The van der Waals surface area contributed by atoms with Crippen molar-refractivity contribution in [3.63, 3.8) is 0 Å². The first-order valence-electron chi connectivity index (χ1n) is 8.45. The summed E-state index contributed by atoms with van der Waals surface area (Å²) in [7, 11) is 0. The van der Waals surface area contributed by atoms with Crippen molar-refractivity contribution in [1.29, 1.82) is 0 Å². The van der Waals surface area contributed by atoms with Crippen molar-refractivity contribution in [2.24, 2.45) is 0 Å². The van der Waals surface area contributed by atoms with Crippen LogP contribution in [-0.4, -0.2) is 0 Å². The van der Waals surface area contributed by atoms with Crippen molar-refractivity contribution in [3.05, 3.63) is 57.6 Å². The number of rotatable bonds is 3. The molecule has 0 unspecified atom stereocenters. The highest BCUT2D eigenvalue weighted by Gasteiger charge is 2.13. The van der Waals surface area contributed by atoms with Gasteiger partial charge in [0.1, 0.15) is 0 Å². The Kier molecular flexibility index (Phi) is 4.80. The van der Waals surface area contributed by atoms with Crippen molar-refractivity contribution in [2.75, 3.05) is 0 Å². The highest BCUT2D eigenvalue weighted by molar-refractivity contribution is 5.69. The van der Waals surface area contributed by atoms with E-state index < -0.39 is 0 Å². The molecule has 0 N–H and O–H groups in total. The van der Waals surface area contributed by atoms with Crippen LogP contribution in [0.1, 0.15) is 72.9 Å². The van der Waals surface area contributed by atoms with Crippen LogP contribution in [0.4, 0.5) is 0 Å². The topological polar surface area (TPSA) is 0 Å². The van der Waals surface area contributed by atoms with Crippen LogP contribution in [0.2, 0.25) is 0 Å². The normalized spacial score (nSPS) is 11.5. The molecule has 0 bridgehead atoms. The molecule has 0 atom stereocenters. The number of aryl methyl sites for hydroxylation is 4. The first kappa shape index (κ1) is 16.8. The smallest absolute Gasteiger partial charge is 0.0178 e. The van der Waals surface area contributed by atoms with E-state index in [1.54, 1.807) is 0 Å². The van der Waals surface area contributed by atoms with Gasteiger partial charge in [0, 0.05) is 0 Å². The van der Waals surface area contributed by atoms with E-state index >= 15 is 0 Å². The van der Waals surface area contributed by atoms with Crippen LogP contribution in [0.15, 0.2) is 24.3 Å². The Balaban J connectivity index is 2.58. The Labute approximate surface area is 136 Å². The van der Waals surface area contributed by atoms with Gasteiger partial charge >= 0.3 is 0 Å². The third-order valence-electron chi connectivity index (χ3n) is 4.68. The lowest BCUT2D eigenvalue weighted by Gasteiger charge is -2.18. The molecule has 2 aromatic rings. The molecule has 2 aromatic carbocycles. The molecule has 0 amide bonds. The van der Waals surface area contributed by atoms with Crippen LogP contribution in [-0.2, 0) is 0 Å². The molecular weight excluding hydrogens is 264 g/mol. The second-order valence-corrected chi connectivity index (χ2v) is 7.36. The molecule has 118 valence electrons. The number of hydrogen-bond acceptors (Lipinski definition) is 0. The molecule has 0 spiro atoms. The van der Waals surface area contributed by atoms with Crippen molar-refractivity contribution < 1.29 is 0 Å². The van der Waals surface area contributed by atoms with Crippen molar-refractivity contribution in [3.8, 4) is 11.1 Å². The van der Waals surface area contributed by atoms with Gasteiger partial charge in [0.05, 0.1) is 0 Å².